The number of nitrogens with zero attached hydrogens (tertiary/aromatic N) is 2. The van der Waals surface area contributed by atoms with Gasteiger partial charge in [0, 0.05) is 18.5 Å². The van der Waals surface area contributed by atoms with E-state index >= 15 is 0 Å². The number of nitro groups is 1. The maximum absolute atomic E-state index is 10.8. The van der Waals surface area contributed by atoms with Crippen LogP contribution in [-0.2, 0) is 0 Å². The van der Waals surface area contributed by atoms with E-state index in [1.54, 1.807) is 0 Å². The molecule has 1 aliphatic carbocycles. The average Bonchev–Trinajstić information content (AvgIpc) is 2.72. The minimum Gasteiger partial charge on any atom is -0.393 e. The summed E-state index contributed by atoms with van der Waals surface area (Å²) < 4.78 is 0. The second kappa shape index (κ2) is 5.49. The number of hydrogen-bond donors (Lipinski definition) is 2. The molecule has 0 aromatic carbocycles. The standard InChI is InChI=1S/C11H14ClN3O3/c12-10-5-4-8(15(17)18)11(14-10)13-6-7-2-1-3-9(7)16/h4-5,7,9,16H,1-3,6H2,(H,13,14). The van der Waals surface area contributed by atoms with Crippen LogP contribution in [0.25, 0.3) is 0 Å². The number of aromatic nitrogens is 1. The van der Waals surface area contributed by atoms with Crippen LogP contribution in [0, 0.1) is 16.0 Å². The number of rotatable bonds is 4. The minimum absolute atomic E-state index is 0.105. The van der Waals surface area contributed by atoms with Gasteiger partial charge in [0.05, 0.1) is 11.0 Å². The van der Waals surface area contributed by atoms with Gasteiger partial charge < -0.3 is 10.4 Å². The van der Waals surface area contributed by atoms with E-state index in [-0.39, 0.29) is 28.7 Å². The zero-order valence-corrected chi connectivity index (χ0v) is 10.4. The van der Waals surface area contributed by atoms with Crippen molar-refractivity contribution in [3.8, 4) is 0 Å². The largest absolute Gasteiger partial charge is 0.393 e. The summed E-state index contributed by atoms with van der Waals surface area (Å²) >= 11 is 5.72. The smallest absolute Gasteiger partial charge is 0.311 e. The van der Waals surface area contributed by atoms with Crippen LogP contribution in [0.15, 0.2) is 12.1 Å². The first kappa shape index (κ1) is 13.0. The Morgan fingerprint density at radius 2 is 2.33 bits per heavy atom. The number of aliphatic hydroxyl groups is 1. The molecule has 1 aromatic heterocycles. The summed E-state index contributed by atoms with van der Waals surface area (Å²) in [7, 11) is 0. The Balaban J connectivity index is 2.08. The molecule has 6 nitrogen and oxygen atoms in total. The highest BCUT2D eigenvalue weighted by molar-refractivity contribution is 6.29. The molecule has 1 fully saturated rings. The van der Waals surface area contributed by atoms with Gasteiger partial charge in [-0.25, -0.2) is 4.98 Å². The van der Waals surface area contributed by atoms with Crippen LogP contribution in [-0.4, -0.2) is 27.7 Å². The molecular formula is C11H14ClN3O3. The Labute approximate surface area is 109 Å². The lowest BCUT2D eigenvalue weighted by Crippen LogP contribution is -2.22. The second-order valence-corrected chi connectivity index (χ2v) is 4.79. The van der Waals surface area contributed by atoms with Crippen LogP contribution in [0.3, 0.4) is 0 Å². The second-order valence-electron chi connectivity index (χ2n) is 4.40. The lowest BCUT2D eigenvalue weighted by molar-refractivity contribution is -0.384. The SMILES string of the molecule is O=[N+]([O-])c1ccc(Cl)nc1NCC1CCCC1O. The maximum atomic E-state index is 10.8. The number of hydrogen-bond acceptors (Lipinski definition) is 5. The van der Waals surface area contributed by atoms with Crippen molar-refractivity contribution in [1.29, 1.82) is 0 Å². The van der Waals surface area contributed by atoms with Crippen LogP contribution in [0.4, 0.5) is 11.5 Å². The molecule has 0 spiro atoms. The number of anilines is 1. The molecule has 7 heteroatoms. The summed E-state index contributed by atoms with van der Waals surface area (Å²) in [6.45, 7) is 0.468. The third-order valence-electron chi connectivity index (χ3n) is 3.19. The molecule has 18 heavy (non-hydrogen) atoms. The summed E-state index contributed by atoms with van der Waals surface area (Å²) in [6, 6.07) is 2.71. The molecule has 0 amide bonds. The molecule has 1 saturated carbocycles. The van der Waals surface area contributed by atoms with Crippen molar-refractivity contribution < 1.29 is 10.0 Å². The quantitative estimate of drug-likeness (QED) is 0.498. The van der Waals surface area contributed by atoms with E-state index in [1.807, 2.05) is 0 Å². The molecule has 98 valence electrons. The predicted molar refractivity (Wildman–Crippen MR) is 67.7 cm³/mol. The fraction of sp³-hybridized carbons (Fsp3) is 0.545. The Kier molecular flexibility index (Phi) is 3.98. The van der Waals surface area contributed by atoms with Crippen molar-refractivity contribution >= 4 is 23.1 Å². The molecule has 0 radical (unpaired) electrons. The molecule has 2 atom stereocenters. The van der Waals surface area contributed by atoms with Gasteiger partial charge in [0.1, 0.15) is 5.15 Å². The van der Waals surface area contributed by atoms with E-state index in [0.29, 0.717) is 6.54 Å². The number of nitrogens with one attached hydrogen (secondary N) is 1. The van der Waals surface area contributed by atoms with Gasteiger partial charge in [-0.05, 0) is 18.9 Å². The summed E-state index contributed by atoms with van der Waals surface area (Å²) in [5, 5.41) is 23.6. The van der Waals surface area contributed by atoms with Crippen molar-refractivity contribution in [2.24, 2.45) is 5.92 Å². The van der Waals surface area contributed by atoms with Crippen LogP contribution < -0.4 is 5.32 Å². The minimum atomic E-state index is -0.503. The van der Waals surface area contributed by atoms with Crippen molar-refractivity contribution in [2.45, 2.75) is 25.4 Å². The van der Waals surface area contributed by atoms with Gasteiger partial charge in [0.2, 0.25) is 5.82 Å². The molecule has 1 heterocycles. The number of aliphatic hydroxyl groups excluding tert-OH is 1. The normalized spacial score (nSPS) is 23.0. The van der Waals surface area contributed by atoms with E-state index in [2.05, 4.69) is 10.3 Å². The Bertz CT molecular complexity index is 455. The van der Waals surface area contributed by atoms with Gasteiger partial charge in [0.15, 0.2) is 0 Å². The average molecular weight is 272 g/mol. The zero-order chi connectivity index (χ0) is 13.1. The van der Waals surface area contributed by atoms with Crippen molar-refractivity contribution in [3.05, 3.63) is 27.4 Å². The van der Waals surface area contributed by atoms with Gasteiger partial charge in [-0.2, -0.15) is 0 Å². The third-order valence-corrected chi connectivity index (χ3v) is 3.40. The van der Waals surface area contributed by atoms with Gasteiger partial charge in [0.25, 0.3) is 0 Å². The lowest BCUT2D eigenvalue weighted by atomic mass is 10.1. The van der Waals surface area contributed by atoms with E-state index in [0.717, 1.165) is 19.3 Å². The highest BCUT2D eigenvalue weighted by Gasteiger charge is 2.26. The van der Waals surface area contributed by atoms with Crippen LogP contribution in [0.2, 0.25) is 5.15 Å². The van der Waals surface area contributed by atoms with Gasteiger partial charge in [-0.15, -0.1) is 0 Å². The highest BCUT2D eigenvalue weighted by Crippen LogP contribution is 2.28. The highest BCUT2D eigenvalue weighted by atomic mass is 35.5. The Morgan fingerprint density at radius 1 is 1.56 bits per heavy atom. The summed E-state index contributed by atoms with van der Waals surface area (Å²) in [6.07, 6.45) is 2.36. The van der Waals surface area contributed by atoms with E-state index in [4.69, 9.17) is 11.6 Å². The first-order valence-electron chi connectivity index (χ1n) is 5.81. The molecule has 0 saturated heterocycles. The molecule has 0 aliphatic heterocycles. The molecule has 1 aromatic rings. The molecular weight excluding hydrogens is 258 g/mol. The van der Waals surface area contributed by atoms with E-state index < -0.39 is 4.92 Å². The number of pyridine rings is 1. The monoisotopic (exact) mass is 271 g/mol. The predicted octanol–water partition coefficient (Wildman–Crippen LogP) is 2.22. The first-order valence-corrected chi connectivity index (χ1v) is 6.18. The van der Waals surface area contributed by atoms with Crippen LogP contribution >= 0.6 is 11.6 Å². The Hall–Kier alpha value is -1.40. The molecule has 2 rings (SSSR count). The number of halogens is 1. The summed E-state index contributed by atoms with van der Waals surface area (Å²) in [5.74, 6) is 0.275. The van der Waals surface area contributed by atoms with E-state index in [9.17, 15) is 15.2 Å². The summed E-state index contributed by atoms with van der Waals surface area (Å²) in [5.41, 5.74) is -0.105. The molecule has 2 N–H and O–H groups in total. The summed E-state index contributed by atoms with van der Waals surface area (Å²) in [4.78, 5) is 14.2. The zero-order valence-electron chi connectivity index (χ0n) is 9.67. The lowest BCUT2D eigenvalue weighted by Gasteiger charge is -2.15. The molecule has 1 aliphatic rings. The maximum Gasteiger partial charge on any atom is 0.311 e. The van der Waals surface area contributed by atoms with Crippen molar-refractivity contribution in [2.75, 3.05) is 11.9 Å². The third kappa shape index (κ3) is 2.88. The van der Waals surface area contributed by atoms with Crippen molar-refractivity contribution in [1.82, 2.24) is 4.98 Å². The van der Waals surface area contributed by atoms with Gasteiger partial charge in [-0.3, -0.25) is 10.1 Å². The molecule has 0 bridgehead atoms. The topological polar surface area (TPSA) is 88.3 Å². The fourth-order valence-electron chi connectivity index (χ4n) is 2.19. The fourth-order valence-corrected chi connectivity index (χ4v) is 2.34. The van der Waals surface area contributed by atoms with E-state index in [1.165, 1.54) is 12.1 Å². The van der Waals surface area contributed by atoms with Gasteiger partial charge in [-0.1, -0.05) is 18.0 Å². The van der Waals surface area contributed by atoms with Crippen LogP contribution in [0.5, 0.6) is 0 Å². The Morgan fingerprint density at radius 3 is 2.94 bits per heavy atom. The van der Waals surface area contributed by atoms with Crippen molar-refractivity contribution in [3.63, 3.8) is 0 Å². The van der Waals surface area contributed by atoms with Gasteiger partial charge >= 0.3 is 5.69 Å². The van der Waals surface area contributed by atoms with Crippen LogP contribution in [0.1, 0.15) is 19.3 Å². The molecule has 2 unspecified atom stereocenters. The first-order chi connectivity index (χ1) is 8.58.